The maximum atomic E-state index is 12.2. The predicted octanol–water partition coefficient (Wildman–Crippen LogP) is 2.07. The summed E-state index contributed by atoms with van der Waals surface area (Å²) in [6.45, 7) is 0.519. The summed E-state index contributed by atoms with van der Waals surface area (Å²) >= 11 is 0. The molecule has 1 aromatic heterocycles. The fourth-order valence-electron chi connectivity index (χ4n) is 1.93. The summed E-state index contributed by atoms with van der Waals surface area (Å²) in [6, 6.07) is 10.8. The average Bonchev–Trinajstić information content (AvgIpc) is 2.55. The van der Waals surface area contributed by atoms with E-state index >= 15 is 0 Å². The van der Waals surface area contributed by atoms with Gasteiger partial charge >= 0.3 is 0 Å². The van der Waals surface area contributed by atoms with E-state index in [1.807, 2.05) is 18.2 Å². The van der Waals surface area contributed by atoms with Crippen LogP contribution in [0.25, 0.3) is 0 Å². The van der Waals surface area contributed by atoms with E-state index in [2.05, 4.69) is 10.3 Å². The number of methoxy groups -OCH3 is 2. The third-order valence-electron chi connectivity index (χ3n) is 3.05. The Hall–Kier alpha value is -2.56. The Bertz CT molecular complexity index is 600. The third kappa shape index (κ3) is 3.95. The molecular weight excluding hydrogens is 268 g/mol. The zero-order valence-corrected chi connectivity index (χ0v) is 12.1. The smallest absolute Gasteiger partial charge is 0.255 e. The summed E-state index contributed by atoms with van der Waals surface area (Å²) < 4.78 is 10.3. The molecule has 0 saturated heterocycles. The van der Waals surface area contributed by atoms with Crippen molar-refractivity contribution in [3.63, 3.8) is 0 Å². The molecule has 1 heterocycles. The summed E-state index contributed by atoms with van der Waals surface area (Å²) in [5.74, 6) is 0.965. The highest BCUT2D eigenvalue weighted by atomic mass is 16.5. The first kappa shape index (κ1) is 14.8. The van der Waals surface area contributed by atoms with Crippen LogP contribution in [0.4, 0.5) is 0 Å². The molecule has 0 bridgehead atoms. The maximum Gasteiger partial charge on any atom is 0.255 e. The van der Waals surface area contributed by atoms with Gasteiger partial charge in [0.1, 0.15) is 11.5 Å². The van der Waals surface area contributed by atoms with Gasteiger partial charge in [0.2, 0.25) is 0 Å². The van der Waals surface area contributed by atoms with Crippen molar-refractivity contribution in [3.8, 4) is 11.5 Å². The van der Waals surface area contributed by atoms with Gasteiger partial charge in [-0.15, -0.1) is 0 Å². The number of pyridine rings is 1. The number of hydrogen-bond acceptors (Lipinski definition) is 4. The van der Waals surface area contributed by atoms with E-state index in [0.717, 1.165) is 5.69 Å². The van der Waals surface area contributed by atoms with Crippen molar-refractivity contribution in [1.82, 2.24) is 10.3 Å². The van der Waals surface area contributed by atoms with Crippen molar-refractivity contribution in [2.24, 2.45) is 0 Å². The molecule has 5 nitrogen and oxygen atoms in total. The predicted molar refractivity (Wildman–Crippen MR) is 79.8 cm³/mol. The monoisotopic (exact) mass is 286 g/mol. The van der Waals surface area contributed by atoms with Gasteiger partial charge in [0.25, 0.3) is 5.91 Å². The van der Waals surface area contributed by atoms with E-state index in [1.165, 1.54) is 7.11 Å². The van der Waals surface area contributed by atoms with Gasteiger partial charge in [-0.3, -0.25) is 9.78 Å². The van der Waals surface area contributed by atoms with Gasteiger partial charge < -0.3 is 14.8 Å². The van der Waals surface area contributed by atoms with Gasteiger partial charge in [0.15, 0.2) is 0 Å². The first-order chi connectivity index (χ1) is 10.2. The number of carbonyl (C=O) groups excluding carboxylic acids is 1. The molecule has 110 valence electrons. The van der Waals surface area contributed by atoms with Crippen molar-refractivity contribution in [1.29, 1.82) is 0 Å². The van der Waals surface area contributed by atoms with Crippen LogP contribution < -0.4 is 14.8 Å². The largest absolute Gasteiger partial charge is 0.497 e. The quantitative estimate of drug-likeness (QED) is 0.883. The SMILES string of the molecule is COc1ccc(C(=O)NCCc2ccccn2)c(OC)c1. The van der Waals surface area contributed by atoms with Crippen LogP contribution in [0.5, 0.6) is 11.5 Å². The molecule has 0 radical (unpaired) electrons. The number of benzene rings is 1. The second-order valence-corrected chi connectivity index (χ2v) is 4.39. The molecule has 1 aromatic carbocycles. The van der Waals surface area contributed by atoms with Gasteiger partial charge in [0.05, 0.1) is 19.8 Å². The second-order valence-electron chi connectivity index (χ2n) is 4.39. The summed E-state index contributed by atoms with van der Waals surface area (Å²) in [4.78, 5) is 16.4. The topological polar surface area (TPSA) is 60.5 Å². The summed E-state index contributed by atoms with van der Waals surface area (Å²) in [5.41, 5.74) is 1.43. The van der Waals surface area contributed by atoms with E-state index in [0.29, 0.717) is 30.0 Å². The molecule has 0 atom stereocenters. The highest BCUT2D eigenvalue weighted by Gasteiger charge is 2.12. The van der Waals surface area contributed by atoms with Gasteiger partial charge in [-0.2, -0.15) is 0 Å². The van der Waals surface area contributed by atoms with Crippen LogP contribution in [0.15, 0.2) is 42.6 Å². The van der Waals surface area contributed by atoms with Crippen LogP contribution in [0, 0.1) is 0 Å². The molecule has 1 N–H and O–H groups in total. The molecule has 21 heavy (non-hydrogen) atoms. The molecule has 0 aliphatic heterocycles. The average molecular weight is 286 g/mol. The molecule has 0 aliphatic carbocycles. The van der Waals surface area contributed by atoms with E-state index in [9.17, 15) is 4.79 Å². The molecular formula is C16H18N2O3. The summed E-state index contributed by atoms with van der Waals surface area (Å²) in [6.07, 6.45) is 2.43. The number of ether oxygens (including phenoxy) is 2. The molecule has 0 fully saturated rings. The van der Waals surface area contributed by atoms with E-state index in [4.69, 9.17) is 9.47 Å². The van der Waals surface area contributed by atoms with Crippen molar-refractivity contribution in [3.05, 3.63) is 53.9 Å². The van der Waals surface area contributed by atoms with E-state index < -0.39 is 0 Å². The van der Waals surface area contributed by atoms with Crippen LogP contribution in [-0.2, 0) is 6.42 Å². The Morgan fingerprint density at radius 2 is 2.05 bits per heavy atom. The van der Waals surface area contributed by atoms with Gasteiger partial charge in [-0.05, 0) is 24.3 Å². The van der Waals surface area contributed by atoms with Crippen LogP contribution >= 0.6 is 0 Å². The molecule has 2 aromatic rings. The Balaban J connectivity index is 1.97. The highest BCUT2D eigenvalue weighted by Crippen LogP contribution is 2.24. The van der Waals surface area contributed by atoms with Gasteiger partial charge in [-0.1, -0.05) is 6.07 Å². The molecule has 0 spiro atoms. The first-order valence-corrected chi connectivity index (χ1v) is 6.64. The number of nitrogens with zero attached hydrogens (tertiary/aromatic N) is 1. The van der Waals surface area contributed by atoms with Crippen LogP contribution in [0.3, 0.4) is 0 Å². The number of amides is 1. The van der Waals surface area contributed by atoms with Crippen molar-refractivity contribution in [2.45, 2.75) is 6.42 Å². The summed E-state index contributed by atoms with van der Waals surface area (Å²) in [5, 5.41) is 2.86. The minimum atomic E-state index is -0.176. The lowest BCUT2D eigenvalue weighted by atomic mass is 10.1. The molecule has 1 amide bonds. The van der Waals surface area contributed by atoms with Crippen LogP contribution in [-0.4, -0.2) is 31.7 Å². The molecule has 5 heteroatoms. The van der Waals surface area contributed by atoms with Gasteiger partial charge in [-0.25, -0.2) is 0 Å². The molecule has 0 aliphatic rings. The molecule has 0 saturated carbocycles. The minimum Gasteiger partial charge on any atom is -0.497 e. The normalized spacial score (nSPS) is 10.0. The lowest BCUT2D eigenvalue weighted by Crippen LogP contribution is -2.26. The minimum absolute atomic E-state index is 0.176. The number of nitrogens with one attached hydrogen (secondary N) is 1. The van der Waals surface area contributed by atoms with Crippen molar-refractivity contribution < 1.29 is 14.3 Å². The van der Waals surface area contributed by atoms with Crippen molar-refractivity contribution in [2.75, 3.05) is 20.8 Å². The Morgan fingerprint density at radius 3 is 2.71 bits per heavy atom. The van der Waals surface area contributed by atoms with Crippen LogP contribution in [0.1, 0.15) is 16.1 Å². The van der Waals surface area contributed by atoms with Gasteiger partial charge in [0, 0.05) is 30.9 Å². The Labute approximate surface area is 123 Å². The lowest BCUT2D eigenvalue weighted by molar-refractivity contribution is 0.0951. The molecule has 2 rings (SSSR count). The Morgan fingerprint density at radius 1 is 1.19 bits per heavy atom. The van der Waals surface area contributed by atoms with E-state index in [1.54, 1.807) is 31.5 Å². The van der Waals surface area contributed by atoms with E-state index in [-0.39, 0.29) is 5.91 Å². The van der Waals surface area contributed by atoms with Crippen LogP contribution in [0.2, 0.25) is 0 Å². The lowest BCUT2D eigenvalue weighted by Gasteiger charge is -2.10. The summed E-state index contributed by atoms with van der Waals surface area (Å²) in [7, 11) is 3.10. The zero-order valence-electron chi connectivity index (χ0n) is 12.1. The third-order valence-corrected chi connectivity index (χ3v) is 3.05. The number of carbonyl (C=O) groups is 1. The maximum absolute atomic E-state index is 12.2. The second kappa shape index (κ2) is 7.28. The fraction of sp³-hybridized carbons (Fsp3) is 0.250. The number of aromatic nitrogens is 1. The fourth-order valence-corrected chi connectivity index (χ4v) is 1.93. The van der Waals surface area contributed by atoms with Crippen molar-refractivity contribution >= 4 is 5.91 Å². The standard InChI is InChI=1S/C16H18N2O3/c1-20-13-6-7-14(15(11-13)21-2)16(19)18-10-8-12-5-3-4-9-17-12/h3-7,9,11H,8,10H2,1-2H3,(H,18,19). The zero-order chi connectivity index (χ0) is 15.1. The first-order valence-electron chi connectivity index (χ1n) is 6.64. The highest BCUT2D eigenvalue weighted by molar-refractivity contribution is 5.97. The molecule has 0 unspecified atom stereocenters. The Kier molecular flexibility index (Phi) is 5.15. The number of rotatable bonds is 6. The number of hydrogen-bond donors (Lipinski definition) is 1.